The first kappa shape index (κ1) is 18.9. The number of thioether (sulfide) groups is 1. The number of para-hydroxylation sites is 1. The summed E-state index contributed by atoms with van der Waals surface area (Å²) >= 11 is 1.38. The van der Waals surface area contributed by atoms with Crippen LogP contribution in [0.4, 0.5) is 0 Å². The van der Waals surface area contributed by atoms with Gasteiger partial charge in [-0.2, -0.15) is 4.68 Å². The molecule has 0 unspecified atom stereocenters. The Balaban J connectivity index is 1.64. The van der Waals surface area contributed by atoms with Crippen molar-refractivity contribution >= 4 is 22.7 Å². The first-order chi connectivity index (χ1) is 14.1. The smallest absolute Gasteiger partial charge is 0.258 e. The van der Waals surface area contributed by atoms with Gasteiger partial charge < -0.3 is 14.5 Å². The Morgan fingerprint density at radius 1 is 1.14 bits per heavy atom. The van der Waals surface area contributed by atoms with Crippen LogP contribution in [0.5, 0.6) is 11.5 Å². The molecule has 0 bridgehead atoms. The van der Waals surface area contributed by atoms with Gasteiger partial charge in [-0.1, -0.05) is 30.0 Å². The summed E-state index contributed by atoms with van der Waals surface area (Å²) < 4.78 is 12.2. The molecule has 0 atom stereocenters. The van der Waals surface area contributed by atoms with Crippen molar-refractivity contribution in [1.82, 2.24) is 30.2 Å². The molecule has 0 aliphatic carbocycles. The van der Waals surface area contributed by atoms with Crippen LogP contribution in [0.25, 0.3) is 16.6 Å². The molecule has 0 spiro atoms. The van der Waals surface area contributed by atoms with Crippen molar-refractivity contribution in [3.05, 3.63) is 58.1 Å². The minimum Gasteiger partial charge on any atom is -0.493 e. The number of nitrogens with one attached hydrogen (secondary N) is 1. The number of aromatic nitrogens is 6. The molecular formula is C19H18N6O3S. The minimum absolute atomic E-state index is 0.245. The van der Waals surface area contributed by atoms with E-state index < -0.39 is 0 Å². The van der Waals surface area contributed by atoms with E-state index in [9.17, 15) is 4.79 Å². The van der Waals surface area contributed by atoms with E-state index >= 15 is 0 Å². The van der Waals surface area contributed by atoms with Gasteiger partial charge in [-0.15, -0.1) is 5.10 Å². The lowest BCUT2D eigenvalue weighted by atomic mass is 10.2. The Morgan fingerprint density at radius 2 is 1.90 bits per heavy atom. The molecule has 0 amide bonds. The second-order valence-corrected chi connectivity index (χ2v) is 7.13. The molecule has 2 aromatic carbocycles. The third-order valence-electron chi connectivity index (χ3n) is 4.38. The Morgan fingerprint density at radius 3 is 2.66 bits per heavy atom. The van der Waals surface area contributed by atoms with Crippen LogP contribution in [0.2, 0.25) is 0 Å². The maximum Gasteiger partial charge on any atom is 0.258 e. The maximum absolute atomic E-state index is 12.5. The lowest BCUT2D eigenvalue weighted by Crippen LogP contribution is -2.12. The van der Waals surface area contributed by atoms with E-state index in [0.717, 1.165) is 11.3 Å². The van der Waals surface area contributed by atoms with Gasteiger partial charge in [0.15, 0.2) is 11.5 Å². The highest BCUT2D eigenvalue weighted by Crippen LogP contribution is 2.30. The lowest BCUT2D eigenvalue weighted by molar-refractivity contribution is 0.355. The van der Waals surface area contributed by atoms with E-state index in [2.05, 4.69) is 25.5 Å². The van der Waals surface area contributed by atoms with E-state index in [4.69, 9.17) is 9.47 Å². The molecule has 9 nitrogen and oxygen atoms in total. The summed E-state index contributed by atoms with van der Waals surface area (Å²) in [7, 11) is 3.06. The molecule has 0 radical (unpaired) electrons. The fourth-order valence-electron chi connectivity index (χ4n) is 2.94. The number of ether oxygens (including phenoxy) is 2. The molecule has 0 saturated carbocycles. The molecule has 2 heterocycles. The van der Waals surface area contributed by atoms with Crippen molar-refractivity contribution in [2.24, 2.45) is 0 Å². The van der Waals surface area contributed by atoms with Crippen LogP contribution in [-0.4, -0.2) is 44.4 Å². The van der Waals surface area contributed by atoms with Gasteiger partial charge in [-0.05, 0) is 35.0 Å². The molecule has 1 N–H and O–H groups in total. The monoisotopic (exact) mass is 410 g/mol. The Bertz CT molecular complexity index is 1240. The Hall–Kier alpha value is -3.40. The highest BCUT2D eigenvalue weighted by molar-refractivity contribution is 7.98. The van der Waals surface area contributed by atoms with E-state index in [0.29, 0.717) is 39.1 Å². The Labute approximate surface area is 170 Å². The third-order valence-corrected chi connectivity index (χ3v) is 5.31. The second-order valence-electron chi connectivity index (χ2n) is 6.19. The van der Waals surface area contributed by atoms with Crippen molar-refractivity contribution in [3.8, 4) is 17.2 Å². The van der Waals surface area contributed by atoms with Crippen LogP contribution in [0.1, 0.15) is 11.4 Å². The van der Waals surface area contributed by atoms with Crippen molar-refractivity contribution in [3.63, 3.8) is 0 Å². The van der Waals surface area contributed by atoms with Gasteiger partial charge in [-0.25, -0.2) is 4.98 Å². The number of methoxy groups -OCH3 is 2. The molecule has 4 rings (SSSR count). The van der Waals surface area contributed by atoms with Crippen LogP contribution < -0.4 is 15.0 Å². The van der Waals surface area contributed by atoms with Crippen LogP contribution in [0, 0.1) is 6.92 Å². The Kier molecular flexibility index (Phi) is 5.17. The summed E-state index contributed by atoms with van der Waals surface area (Å²) in [6.45, 7) is 2.00. The van der Waals surface area contributed by atoms with Gasteiger partial charge in [0, 0.05) is 6.07 Å². The van der Waals surface area contributed by atoms with Crippen molar-refractivity contribution < 1.29 is 9.47 Å². The van der Waals surface area contributed by atoms with Gasteiger partial charge >= 0.3 is 0 Å². The fourth-order valence-corrected chi connectivity index (χ4v) is 3.69. The zero-order valence-corrected chi connectivity index (χ0v) is 16.9. The molecule has 10 heteroatoms. The van der Waals surface area contributed by atoms with E-state index in [1.54, 1.807) is 23.9 Å². The number of hydrogen-bond acceptors (Lipinski definition) is 8. The zero-order chi connectivity index (χ0) is 20.4. The number of aromatic amines is 1. The number of aryl methyl sites for hydroxylation is 1. The number of tetrazole rings is 1. The highest BCUT2D eigenvalue weighted by Gasteiger charge is 2.14. The summed E-state index contributed by atoms with van der Waals surface area (Å²) in [6, 6.07) is 11.1. The summed E-state index contributed by atoms with van der Waals surface area (Å²) in [6.07, 6.45) is 0. The predicted octanol–water partition coefficient (Wildman–Crippen LogP) is 2.52. The molecule has 0 aliphatic heterocycles. The molecule has 29 heavy (non-hydrogen) atoms. The second kappa shape index (κ2) is 7.92. The largest absolute Gasteiger partial charge is 0.493 e. The van der Waals surface area contributed by atoms with Crippen LogP contribution in [0.3, 0.4) is 0 Å². The van der Waals surface area contributed by atoms with Crippen molar-refractivity contribution in [2.75, 3.05) is 14.2 Å². The molecule has 4 aromatic rings. The molecule has 0 fully saturated rings. The van der Waals surface area contributed by atoms with E-state index in [1.165, 1.54) is 18.9 Å². The number of nitrogens with zero attached hydrogens (tertiary/aromatic N) is 5. The topological polar surface area (TPSA) is 108 Å². The van der Waals surface area contributed by atoms with Crippen molar-refractivity contribution in [1.29, 1.82) is 0 Å². The summed E-state index contributed by atoms with van der Waals surface area (Å²) in [4.78, 5) is 19.9. The van der Waals surface area contributed by atoms with Crippen LogP contribution in [-0.2, 0) is 5.75 Å². The van der Waals surface area contributed by atoms with E-state index in [1.807, 2.05) is 31.2 Å². The maximum atomic E-state index is 12.5. The highest BCUT2D eigenvalue weighted by atomic mass is 32.2. The standard InChI is InChI=1S/C19H18N6O3S/c1-11-6-4-5-7-14(11)25-19(22-23-24-25)29-10-17-20-13-9-16(28-3)15(27-2)8-12(13)18(26)21-17/h4-9H,10H2,1-3H3,(H,20,21,26). The van der Waals surface area contributed by atoms with Crippen LogP contribution in [0.15, 0.2) is 46.3 Å². The zero-order valence-electron chi connectivity index (χ0n) is 16.0. The molecule has 0 saturated heterocycles. The summed E-state index contributed by atoms with van der Waals surface area (Å²) in [5, 5.41) is 13.0. The molecule has 0 aliphatic rings. The van der Waals surface area contributed by atoms with Crippen LogP contribution >= 0.6 is 11.8 Å². The van der Waals surface area contributed by atoms with Gasteiger partial charge in [0.1, 0.15) is 5.82 Å². The average molecular weight is 410 g/mol. The number of rotatable bonds is 6. The third kappa shape index (κ3) is 3.66. The normalized spacial score (nSPS) is 11.0. The first-order valence-corrected chi connectivity index (χ1v) is 9.71. The number of H-pyrrole nitrogens is 1. The molecule has 2 aromatic heterocycles. The molecular weight excluding hydrogens is 392 g/mol. The summed E-state index contributed by atoms with van der Waals surface area (Å²) in [5.74, 6) is 1.90. The van der Waals surface area contributed by atoms with E-state index in [-0.39, 0.29) is 5.56 Å². The number of fused-ring (bicyclic) bond motifs is 1. The van der Waals surface area contributed by atoms with Gasteiger partial charge in [0.2, 0.25) is 5.16 Å². The van der Waals surface area contributed by atoms with Crippen molar-refractivity contribution in [2.45, 2.75) is 17.8 Å². The number of benzene rings is 2. The van der Waals surface area contributed by atoms with Gasteiger partial charge in [0.25, 0.3) is 5.56 Å². The lowest BCUT2D eigenvalue weighted by Gasteiger charge is -2.09. The number of hydrogen-bond donors (Lipinski definition) is 1. The summed E-state index contributed by atoms with van der Waals surface area (Å²) in [5.41, 5.74) is 2.24. The van der Waals surface area contributed by atoms with Gasteiger partial charge in [0.05, 0.1) is 36.6 Å². The fraction of sp³-hybridized carbons (Fsp3) is 0.211. The molecule has 148 valence electrons. The average Bonchev–Trinajstić information content (AvgIpc) is 3.20. The minimum atomic E-state index is -0.245. The quantitative estimate of drug-likeness (QED) is 0.483. The first-order valence-electron chi connectivity index (χ1n) is 8.73. The predicted molar refractivity (Wildman–Crippen MR) is 109 cm³/mol. The SMILES string of the molecule is COc1cc2nc(CSc3nnnn3-c3ccccc3C)[nH]c(=O)c2cc1OC. The van der Waals surface area contributed by atoms with Gasteiger partial charge in [-0.3, -0.25) is 4.79 Å².